The number of alkyl halides is 5. The second kappa shape index (κ2) is 9.67. The number of hydrogen-bond donors (Lipinski definition) is 2. The number of aromatic nitrogens is 1. The first kappa shape index (κ1) is 21.9. The molecule has 11 heteroatoms. The highest BCUT2D eigenvalue weighted by Gasteiger charge is 2.33. The zero-order valence-corrected chi connectivity index (χ0v) is 15.9. The summed E-state index contributed by atoms with van der Waals surface area (Å²) >= 11 is 0.882. The summed E-state index contributed by atoms with van der Waals surface area (Å²) in [5.74, 6) is 0.339. The molecule has 0 fully saturated rings. The molecule has 1 heterocycles. The average Bonchev–Trinajstić information content (AvgIpc) is 3.08. The van der Waals surface area contributed by atoms with Gasteiger partial charge in [0.05, 0.1) is 13.1 Å². The van der Waals surface area contributed by atoms with Crippen molar-refractivity contribution in [2.75, 3.05) is 6.54 Å². The van der Waals surface area contributed by atoms with Gasteiger partial charge >= 0.3 is 12.8 Å². The smallest absolute Gasteiger partial charge is 0.434 e. The van der Waals surface area contributed by atoms with Crippen LogP contribution in [0.3, 0.4) is 0 Å². The first-order chi connectivity index (χ1) is 13.2. The maximum atomic E-state index is 12.6. The van der Waals surface area contributed by atoms with Gasteiger partial charge in [-0.05, 0) is 19.9 Å². The van der Waals surface area contributed by atoms with E-state index in [0.29, 0.717) is 18.1 Å². The van der Waals surface area contributed by atoms with E-state index in [1.54, 1.807) is 12.1 Å². The Morgan fingerprint density at radius 3 is 2.64 bits per heavy atom. The Kier molecular flexibility index (Phi) is 7.55. The number of guanidine groups is 1. The van der Waals surface area contributed by atoms with Gasteiger partial charge in [-0.1, -0.05) is 17.7 Å². The van der Waals surface area contributed by atoms with Gasteiger partial charge in [-0.15, -0.1) is 11.3 Å². The Bertz CT molecular complexity index is 807. The second-order valence-electron chi connectivity index (χ2n) is 5.66. The first-order valence-corrected chi connectivity index (χ1v) is 9.15. The van der Waals surface area contributed by atoms with Gasteiger partial charge < -0.3 is 15.4 Å². The summed E-state index contributed by atoms with van der Waals surface area (Å²) in [6.07, 6.45) is -4.49. The molecule has 0 bridgehead atoms. The van der Waals surface area contributed by atoms with Crippen LogP contribution in [0.1, 0.15) is 28.8 Å². The van der Waals surface area contributed by atoms with E-state index in [1.807, 2.05) is 13.8 Å². The number of rotatable bonds is 7. The van der Waals surface area contributed by atoms with E-state index in [0.717, 1.165) is 22.3 Å². The van der Waals surface area contributed by atoms with Crippen LogP contribution in [0.4, 0.5) is 22.0 Å². The molecule has 0 aliphatic carbocycles. The molecule has 0 unspecified atom stereocenters. The minimum absolute atomic E-state index is 0.0231. The fourth-order valence-electron chi connectivity index (χ4n) is 2.23. The minimum Gasteiger partial charge on any atom is -0.434 e. The van der Waals surface area contributed by atoms with Crippen molar-refractivity contribution in [3.63, 3.8) is 0 Å². The molecule has 5 nitrogen and oxygen atoms in total. The summed E-state index contributed by atoms with van der Waals surface area (Å²) < 4.78 is 67.4. The standard InChI is InChI=1S/C17H19F5N4OS/c1-3-23-16(25-8-14-26-13(9-28-14)17(20,21)22)24-7-11-6-10(2)4-5-12(11)27-15(18)19/h4-6,9,15H,3,7-8H2,1-2H3,(H2,23,24,25). The van der Waals surface area contributed by atoms with E-state index >= 15 is 0 Å². The molecule has 2 aromatic rings. The largest absolute Gasteiger partial charge is 0.434 e. The van der Waals surface area contributed by atoms with Crippen LogP contribution in [0.2, 0.25) is 0 Å². The summed E-state index contributed by atoms with van der Waals surface area (Å²) in [5, 5.41) is 7.01. The van der Waals surface area contributed by atoms with E-state index in [9.17, 15) is 22.0 Å². The topological polar surface area (TPSA) is 58.5 Å². The molecule has 2 N–H and O–H groups in total. The van der Waals surface area contributed by atoms with Gasteiger partial charge in [-0.2, -0.15) is 22.0 Å². The van der Waals surface area contributed by atoms with Crippen molar-refractivity contribution in [3.8, 4) is 5.75 Å². The van der Waals surface area contributed by atoms with Gasteiger partial charge in [0.25, 0.3) is 0 Å². The van der Waals surface area contributed by atoms with Gasteiger partial charge in [0.2, 0.25) is 0 Å². The van der Waals surface area contributed by atoms with Gasteiger partial charge in [0.15, 0.2) is 11.7 Å². The number of ether oxygens (including phenoxy) is 1. The summed E-state index contributed by atoms with van der Waals surface area (Å²) in [6, 6.07) is 4.78. The van der Waals surface area contributed by atoms with Crippen LogP contribution in [-0.4, -0.2) is 24.1 Å². The lowest BCUT2D eigenvalue weighted by Crippen LogP contribution is -2.36. The van der Waals surface area contributed by atoms with Crippen molar-refractivity contribution in [2.45, 2.75) is 39.7 Å². The van der Waals surface area contributed by atoms with Crippen LogP contribution in [0.25, 0.3) is 0 Å². The highest BCUT2D eigenvalue weighted by atomic mass is 32.1. The van der Waals surface area contributed by atoms with Crippen LogP contribution >= 0.6 is 11.3 Å². The third-order valence-corrected chi connectivity index (χ3v) is 4.28. The SMILES string of the molecule is CCNC(=NCc1cc(C)ccc1OC(F)F)NCc1nc(C(F)(F)F)cs1. The lowest BCUT2D eigenvalue weighted by molar-refractivity contribution is -0.140. The molecule has 28 heavy (non-hydrogen) atoms. The molecule has 0 amide bonds. The lowest BCUT2D eigenvalue weighted by atomic mass is 10.1. The molecule has 1 aromatic heterocycles. The van der Waals surface area contributed by atoms with Crippen molar-refractivity contribution in [1.29, 1.82) is 0 Å². The number of hydrogen-bond acceptors (Lipinski definition) is 4. The van der Waals surface area contributed by atoms with Crippen molar-refractivity contribution in [1.82, 2.24) is 15.6 Å². The molecule has 0 radical (unpaired) electrons. The monoisotopic (exact) mass is 422 g/mol. The number of thiazole rings is 1. The van der Waals surface area contributed by atoms with Crippen LogP contribution in [0.5, 0.6) is 5.75 Å². The van der Waals surface area contributed by atoms with Crippen molar-refractivity contribution < 1.29 is 26.7 Å². The third-order valence-electron chi connectivity index (χ3n) is 3.43. The molecule has 0 saturated heterocycles. The number of aryl methyl sites for hydroxylation is 1. The number of benzene rings is 1. The molecule has 0 saturated carbocycles. The molecule has 2 rings (SSSR count). The molecule has 0 spiro atoms. The summed E-state index contributed by atoms with van der Waals surface area (Å²) in [6.45, 7) is 1.27. The van der Waals surface area contributed by atoms with Crippen LogP contribution in [0.15, 0.2) is 28.6 Å². The highest BCUT2D eigenvalue weighted by Crippen LogP contribution is 2.30. The van der Waals surface area contributed by atoms with Crippen LogP contribution in [0, 0.1) is 6.92 Å². The van der Waals surface area contributed by atoms with E-state index in [2.05, 4.69) is 25.3 Å². The quantitative estimate of drug-likeness (QED) is 0.396. The molecule has 0 aliphatic rings. The van der Waals surface area contributed by atoms with Crippen molar-refractivity contribution in [2.24, 2.45) is 4.99 Å². The van der Waals surface area contributed by atoms with E-state index < -0.39 is 18.5 Å². The van der Waals surface area contributed by atoms with E-state index in [1.165, 1.54) is 6.07 Å². The average molecular weight is 422 g/mol. The Morgan fingerprint density at radius 2 is 2.04 bits per heavy atom. The Balaban J connectivity index is 2.08. The Morgan fingerprint density at radius 1 is 1.29 bits per heavy atom. The predicted molar refractivity (Wildman–Crippen MR) is 96.6 cm³/mol. The molecular formula is C17H19F5N4OS. The summed E-state index contributed by atoms with van der Waals surface area (Å²) in [4.78, 5) is 7.82. The molecule has 0 aliphatic heterocycles. The fraction of sp³-hybridized carbons (Fsp3) is 0.412. The number of aliphatic imine (C=N–C) groups is 1. The number of halogens is 5. The zero-order chi connectivity index (χ0) is 20.7. The molecular weight excluding hydrogens is 403 g/mol. The molecule has 1 aromatic carbocycles. The van der Waals surface area contributed by atoms with Gasteiger partial charge in [0, 0.05) is 17.5 Å². The normalized spacial score (nSPS) is 12.4. The second-order valence-corrected chi connectivity index (χ2v) is 6.61. The van der Waals surface area contributed by atoms with Crippen molar-refractivity contribution in [3.05, 3.63) is 45.4 Å². The number of nitrogens with zero attached hydrogens (tertiary/aromatic N) is 2. The van der Waals surface area contributed by atoms with E-state index in [4.69, 9.17) is 0 Å². The van der Waals surface area contributed by atoms with Crippen LogP contribution < -0.4 is 15.4 Å². The maximum Gasteiger partial charge on any atom is 0.434 e. The lowest BCUT2D eigenvalue weighted by Gasteiger charge is -2.13. The molecule has 154 valence electrons. The van der Waals surface area contributed by atoms with Gasteiger partial charge in [-0.25, -0.2) is 9.98 Å². The predicted octanol–water partition coefficient (Wildman–Crippen LogP) is 4.33. The number of nitrogens with one attached hydrogen (secondary N) is 2. The Labute approximate surface area is 162 Å². The van der Waals surface area contributed by atoms with Crippen molar-refractivity contribution >= 4 is 17.3 Å². The zero-order valence-electron chi connectivity index (χ0n) is 15.1. The van der Waals surface area contributed by atoms with Gasteiger partial charge in [0.1, 0.15) is 10.8 Å². The van der Waals surface area contributed by atoms with E-state index in [-0.39, 0.29) is 23.8 Å². The molecule has 0 atom stereocenters. The van der Waals surface area contributed by atoms with Gasteiger partial charge in [-0.3, -0.25) is 0 Å². The fourth-order valence-corrected chi connectivity index (χ4v) is 2.97. The first-order valence-electron chi connectivity index (χ1n) is 8.27. The minimum atomic E-state index is -4.49. The summed E-state index contributed by atoms with van der Waals surface area (Å²) in [5.41, 5.74) is 0.378. The Hall–Kier alpha value is -2.43. The highest BCUT2D eigenvalue weighted by molar-refractivity contribution is 7.09. The third kappa shape index (κ3) is 6.63. The maximum absolute atomic E-state index is 12.6. The summed E-state index contributed by atoms with van der Waals surface area (Å²) in [7, 11) is 0. The van der Waals surface area contributed by atoms with Crippen LogP contribution in [-0.2, 0) is 19.3 Å².